The van der Waals surface area contributed by atoms with E-state index in [2.05, 4.69) is 30.9 Å². The van der Waals surface area contributed by atoms with Crippen LogP contribution in [-0.2, 0) is 19.0 Å². The maximum Gasteiger partial charge on any atom is 0.326 e. The van der Waals surface area contributed by atoms with Gasteiger partial charge in [0.05, 0.1) is 39.6 Å². The molecule has 4 N–H and O–H groups in total. The molecule has 1 atom stereocenters. The summed E-state index contributed by atoms with van der Waals surface area (Å²) in [7, 11) is 0. The fourth-order valence-corrected chi connectivity index (χ4v) is 3.75. The Hall–Kier alpha value is -3.55. The molecule has 0 spiro atoms. The number of carbonyl (C=O) groups excluding carboxylic acids is 1. The molecule has 1 aliphatic rings. The molecular formula is C26H39N7O6. The fourth-order valence-electron chi connectivity index (χ4n) is 3.75. The van der Waals surface area contributed by atoms with Crippen LogP contribution in [0.25, 0.3) is 0 Å². The van der Waals surface area contributed by atoms with Gasteiger partial charge in [-0.1, -0.05) is 32.0 Å². The molecule has 13 heteroatoms. The minimum Gasteiger partial charge on any atom is -0.480 e. The number of anilines is 3. The Morgan fingerprint density at radius 3 is 2.31 bits per heavy atom. The maximum absolute atomic E-state index is 12.0. The molecule has 3 rings (SSSR count). The Bertz CT molecular complexity index is 1020. The van der Waals surface area contributed by atoms with Crippen molar-refractivity contribution in [2.75, 3.05) is 81.4 Å². The lowest BCUT2D eigenvalue weighted by molar-refractivity contribution is -0.138. The van der Waals surface area contributed by atoms with E-state index in [0.29, 0.717) is 89.7 Å². The van der Waals surface area contributed by atoms with E-state index in [4.69, 9.17) is 14.2 Å². The second-order valence-corrected chi connectivity index (χ2v) is 9.32. The predicted molar refractivity (Wildman–Crippen MR) is 146 cm³/mol. The average Bonchev–Trinajstić information content (AvgIpc) is 2.94. The van der Waals surface area contributed by atoms with Crippen LogP contribution < -0.4 is 20.9 Å². The summed E-state index contributed by atoms with van der Waals surface area (Å²) in [6.07, 6.45) is 0.436. The van der Waals surface area contributed by atoms with E-state index < -0.39 is 12.0 Å². The van der Waals surface area contributed by atoms with Crippen LogP contribution in [0.2, 0.25) is 0 Å². The highest BCUT2D eigenvalue weighted by atomic mass is 16.5. The third-order valence-corrected chi connectivity index (χ3v) is 5.70. The van der Waals surface area contributed by atoms with Crippen molar-refractivity contribution in [3.05, 3.63) is 35.9 Å². The number of morpholine rings is 1. The van der Waals surface area contributed by atoms with Gasteiger partial charge in [-0.05, 0) is 24.5 Å². The zero-order valence-electron chi connectivity index (χ0n) is 22.6. The normalized spacial score (nSPS) is 14.2. The number of hydrogen-bond acceptors (Lipinski definition) is 11. The summed E-state index contributed by atoms with van der Waals surface area (Å²) in [5, 5.41) is 18.5. The van der Waals surface area contributed by atoms with Crippen LogP contribution >= 0.6 is 0 Å². The molecule has 1 aromatic heterocycles. The van der Waals surface area contributed by atoms with Crippen molar-refractivity contribution in [3.63, 3.8) is 0 Å². The van der Waals surface area contributed by atoms with E-state index >= 15 is 0 Å². The number of aromatic nitrogens is 3. The molecule has 2 heterocycles. The van der Waals surface area contributed by atoms with Gasteiger partial charge in [0.2, 0.25) is 17.8 Å². The minimum absolute atomic E-state index is 0.131. The Morgan fingerprint density at radius 2 is 1.64 bits per heavy atom. The monoisotopic (exact) mass is 545 g/mol. The third-order valence-electron chi connectivity index (χ3n) is 5.70. The van der Waals surface area contributed by atoms with Crippen LogP contribution in [0.3, 0.4) is 0 Å². The van der Waals surface area contributed by atoms with Gasteiger partial charge < -0.3 is 40.2 Å². The number of hydrogen-bond donors (Lipinski definition) is 4. The summed E-state index contributed by atoms with van der Waals surface area (Å²) in [4.78, 5) is 39.0. The molecule has 2 aromatic rings. The first-order chi connectivity index (χ1) is 18.9. The fraction of sp³-hybridized carbons (Fsp3) is 0.577. The van der Waals surface area contributed by atoms with Crippen LogP contribution in [0.15, 0.2) is 30.3 Å². The zero-order valence-corrected chi connectivity index (χ0v) is 22.6. The molecule has 1 fully saturated rings. The Morgan fingerprint density at radius 1 is 0.974 bits per heavy atom. The molecule has 1 amide bonds. The van der Waals surface area contributed by atoms with Gasteiger partial charge in [0.15, 0.2) is 0 Å². The molecule has 1 saturated heterocycles. The van der Waals surface area contributed by atoms with Crippen molar-refractivity contribution in [3.8, 4) is 0 Å². The number of rotatable bonds is 17. The number of nitrogens with one attached hydrogen (secondary N) is 3. The standard InChI is InChI=1S/C26H39N7O6/c1-19(2)18-21(23(35)36)29-25-30-24(31-26(32-25)33-10-14-39-15-11-33)28-9-13-38-17-16-37-12-8-27-22(34)20-6-4-3-5-7-20/h3-7,19,21H,8-18H2,1-2H3,(H,27,34)(H,35,36)(H2,28,29,30,31,32)/t21-/m0/s1. The first kappa shape index (κ1) is 30.0. The topological polar surface area (TPSA) is 160 Å². The second kappa shape index (κ2) is 16.4. The lowest BCUT2D eigenvalue weighted by atomic mass is 10.0. The highest BCUT2D eigenvalue weighted by Crippen LogP contribution is 2.17. The zero-order chi connectivity index (χ0) is 27.9. The molecule has 1 aliphatic heterocycles. The first-order valence-electron chi connectivity index (χ1n) is 13.2. The lowest BCUT2D eigenvalue weighted by Gasteiger charge is -2.27. The van der Waals surface area contributed by atoms with Gasteiger partial charge in [-0.3, -0.25) is 4.79 Å². The number of carbonyl (C=O) groups is 2. The van der Waals surface area contributed by atoms with Crippen molar-refractivity contribution < 1.29 is 28.9 Å². The van der Waals surface area contributed by atoms with Crippen molar-refractivity contribution >= 4 is 29.7 Å². The molecule has 214 valence electrons. The number of benzene rings is 1. The number of carboxylic acid groups (broad SMARTS) is 1. The van der Waals surface area contributed by atoms with Gasteiger partial charge in [-0.2, -0.15) is 15.0 Å². The second-order valence-electron chi connectivity index (χ2n) is 9.32. The smallest absolute Gasteiger partial charge is 0.326 e. The summed E-state index contributed by atoms with van der Waals surface area (Å²) in [6, 6.07) is 8.21. The van der Waals surface area contributed by atoms with Gasteiger partial charge in [-0.25, -0.2) is 4.79 Å². The summed E-state index contributed by atoms with van der Waals surface area (Å²) in [5.41, 5.74) is 0.615. The van der Waals surface area contributed by atoms with E-state index in [9.17, 15) is 14.7 Å². The van der Waals surface area contributed by atoms with E-state index in [0.717, 1.165) is 0 Å². The predicted octanol–water partition coefficient (Wildman–Crippen LogP) is 1.49. The average molecular weight is 546 g/mol. The van der Waals surface area contributed by atoms with Crippen LogP contribution in [0.1, 0.15) is 30.6 Å². The lowest BCUT2D eigenvalue weighted by Crippen LogP contribution is -2.38. The number of carboxylic acids is 1. The van der Waals surface area contributed by atoms with Gasteiger partial charge in [0.1, 0.15) is 6.04 Å². The summed E-state index contributed by atoms with van der Waals surface area (Å²) in [5.74, 6) is 0.0908. The van der Waals surface area contributed by atoms with Gasteiger partial charge in [0, 0.05) is 31.7 Å². The Kier molecular flexibility index (Phi) is 12.6. The van der Waals surface area contributed by atoms with E-state index in [1.807, 2.05) is 36.9 Å². The molecule has 0 aliphatic carbocycles. The van der Waals surface area contributed by atoms with Crippen LogP contribution in [0, 0.1) is 5.92 Å². The summed E-state index contributed by atoms with van der Waals surface area (Å²) >= 11 is 0. The SMILES string of the molecule is CC(C)C[C@H](Nc1nc(NCCOCCOCCNC(=O)c2ccccc2)nc(N2CCOCC2)n1)C(=O)O. The molecule has 0 bridgehead atoms. The van der Waals surface area contributed by atoms with Crippen LogP contribution in [0.4, 0.5) is 17.8 Å². The molecular weight excluding hydrogens is 506 g/mol. The van der Waals surface area contributed by atoms with Crippen molar-refractivity contribution in [1.29, 1.82) is 0 Å². The van der Waals surface area contributed by atoms with Crippen molar-refractivity contribution in [2.45, 2.75) is 26.3 Å². The number of nitrogens with zero attached hydrogens (tertiary/aromatic N) is 4. The number of aliphatic carboxylic acids is 1. The third kappa shape index (κ3) is 11.0. The van der Waals surface area contributed by atoms with Crippen molar-refractivity contribution in [2.24, 2.45) is 5.92 Å². The summed E-state index contributed by atoms with van der Waals surface area (Å²) in [6.45, 7) is 8.76. The minimum atomic E-state index is -0.958. The van der Waals surface area contributed by atoms with Gasteiger partial charge >= 0.3 is 5.97 Å². The Balaban J connectivity index is 1.40. The highest BCUT2D eigenvalue weighted by Gasteiger charge is 2.22. The maximum atomic E-state index is 12.0. The largest absolute Gasteiger partial charge is 0.480 e. The van der Waals surface area contributed by atoms with E-state index in [-0.39, 0.29) is 17.8 Å². The molecule has 0 radical (unpaired) electrons. The molecule has 1 aromatic carbocycles. The molecule has 13 nitrogen and oxygen atoms in total. The first-order valence-corrected chi connectivity index (χ1v) is 13.2. The molecule has 0 unspecified atom stereocenters. The summed E-state index contributed by atoms with van der Waals surface area (Å²) < 4.78 is 16.5. The quantitative estimate of drug-likeness (QED) is 0.212. The molecule has 0 saturated carbocycles. The van der Waals surface area contributed by atoms with Crippen LogP contribution in [-0.4, -0.2) is 104 Å². The van der Waals surface area contributed by atoms with Gasteiger partial charge in [-0.15, -0.1) is 0 Å². The van der Waals surface area contributed by atoms with Crippen molar-refractivity contribution in [1.82, 2.24) is 20.3 Å². The Labute approximate surface area is 228 Å². The molecule has 39 heavy (non-hydrogen) atoms. The van der Waals surface area contributed by atoms with E-state index in [1.54, 1.807) is 12.1 Å². The number of ether oxygens (including phenoxy) is 3. The van der Waals surface area contributed by atoms with E-state index in [1.165, 1.54) is 0 Å². The van der Waals surface area contributed by atoms with Crippen LogP contribution in [0.5, 0.6) is 0 Å². The highest BCUT2D eigenvalue weighted by molar-refractivity contribution is 5.94. The number of amides is 1. The van der Waals surface area contributed by atoms with Gasteiger partial charge in [0.25, 0.3) is 5.91 Å².